The molecule has 0 amide bonds. The largest absolute Gasteiger partial charge is 0.456 e. The Balaban J connectivity index is 1.05. The quantitative estimate of drug-likeness (QED) is 0.170. The minimum atomic E-state index is 0.862. The molecule has 3 heterocycles. The molecule has 0 radical (unpaired) electrons. The molecular weight excluding hydrogens is 709 g/mol. The van der Waals surface area contributed by atoms with Crippen LogP contribution in [0.2, 0.25) is 0 Å². The molecule has 0 spiro atoms. The zero-order valence-corrected chi connectivity index (χ0v) is 31.3. The lowest BCUT2D eigenvalue weighted by atomic mass is 10.00. The molecule has 0 saturated heterocycles. The fraction of sp³-hybridized carbons (Fsp3) is 0. The lowest BCUT2D eigenvalue weighted by Gasteiger charge is -2.25. The summed E-state index contributed by atoms with van der Waals surface area (Å²) in [7, 11) is 0. The van der Waals surface area contributed by atoms with Crippen LogP contribution >= 0.6 is 0 Å². The molecule has 272 valence electrons. The number of rotatable bonds is 6. The Bertz CT molecular complexity index is 3500. The van der Waals surface area contributed by atoms with Gasteiger partial charge >= 0.3 is 0 Å². The number of nitrogens with zero attached hydrogens (tertiary/aromatic N) is 2. The fourth-order valence-electron chi connectivity index (χ4n) is 8.88. The highest BCUT2D eigenvalue weighted by atomic mass is 16.3. The molecule has 12 rings (SSSR count). The zero-order valence-electron chi connectivity index (χ0n) is 31.3. The lowest BCUT2D eigenvalue weighted by Crippen LogP contribution is -2.09. The second-order valence-electron chi connectivity index (χ2n) is 14.9. The summed E-state index contributed by atoms with van der Waals surface area (Å²) in [5.41, 5.74) is 14.5. The van der Waals surface area contributed by atoms with Crippen molar-refractivity contribution in [1.29, 1.82) is 0 Å². The first-order valence-corrected chi connectivity index (χ1v) is 19.7. The third-order valence-electron chi connectivity index (χ3n) is 11.6. The number of hydrogen-bond donors (Lipinski definition) is 0. The van der Waals surface area contributed by atoms with E-state index in [-0.39, 0.29) is 0 Å². The minimum Gasteiger partial charge on any atom is -0.456 e. The van der Waals surface area contributed by atoms with Crippen LogP contribution in [0.15, 0.2) is 215 Å². The van der Waals surface area contributed by atoms with Gasteiger partial charge in [0.2, 0.25) is 0 Å². The fourth-order valence-corrected chi connectivity index (χ4v) is 8.88. The lowest BCUT2D eigenvalue weighted by molar-refractivity contribution is 0.669. The highest BCUT2D eigenvalue weighted by Gasteiger charge is 2.20. The number of aromatic nitrogens is 1. The Morgan fingerprint density at radius 3 is 1.69 bits per heavy atom. The standard InChI is InChI=1S/C54H34N2O2/c1-3-13-35(14-4-1)37-25-29-43-42-17-7-10-20-49(42)56(50(43)31-37)41-32-47(54-48(33-41)45-19-9-12-22-52(45)58-54)36-23-26-39(27-24-36)55(38-15-5-2-6-16-38)40-28-30-46-44-18-8-11-21-51(44)57-53(46)34-40/h1-34H. The van der Waals surface area contributed by atoms with Crippen molar-refractivity contribution in [2.45, 2.75) is 0 Å². The van der Waals surface area contributed by atoms with E-state index in [9.17, 15) is 0 Å². The van der Waals surface area contributed by atoms with Crippen LogP contribution in [0.1, 0.15) is 0 Å². The molecule has 0 fully saturated rings. The molecule has 4 heteroatoms. The Morgan fingerprint density at radius 1 is 0.328 bits per heavy atom. The first kappa shape index (κ1) is 32.4. The number of anilines is 3. The molecule has 9 aromatic carbocycles. The summed E-state index contributed by atoms with van der Waals surface area (Å²) >= 11 is 0. The van der Waals surface area contributed by atoms with E-state index in [2.05, 4.69) is 198 Å². The third-order valence-corrected chi connectivity index (χ3v) is 11.6. The van der Waals surface area contributed by atoms with Gasteiger partial charge in [0.25, 0.3) is 0 Å². The van der Waals surface area contributed by atoms with Gasteiger partial charge in [-0.25, -0.2) is 0 Å². The number of furan rings is 2. The van der Waals surface area contributed by atoms with Crippen LogP contribution in [0, 0.1) is 0 Å². The van der Waals surface area contributed by atoms with Crippen LogP contribution < -0.4 is 4.90 Å². The van der Waals surface area contributed by atoms with E-state index in [1.54, 1.807) is 0 Å². The molecular formula is C54H34N2O2. The average Bonchev–Trinajstić information content (AvgIpc) is 3.96. The van der Waals surface area contributed by atoms with Gasteiger partial charge in [0, 0.05) is 66.7 Å². The van der Waals surface area contributed by atoms with E-state index in [0.717, 1.165) is 88.8 Å². The van der Waals surface area contributed by atoms with Gasteiger partial charge in [-0.1, -0.05) is 127 Å². The zero-order chi connectivity index (χ0) is 38.2. The van der Waals surface area contributed by atoms with Gasteiger partial charge in [-0.05, 0) is 89.5 Å². The Morgan fingerprint density at radius 2 is 0.897 bits per heavy atom. The maximum absolute atomic E-state index is 6.71. The molecule has 0 saturated carbocycles. The smallest absolute Gasteiger partial charge is 0.143 e. The summed E-state index contributed by atoms with van der Waals surface area (Å²) in [6.07, 6.45) is 0. The van der Waals surface area contributed by atoms with E-state index in [4.69, 9.17) is 8.83 Å². The number of benzene rings is 9. The summed E-state index contributed by atoms with van der Waals surface area (Å²) in [6.45, 7) is 0. The average molecular weight is 743 g/mol. The molecule has 3 aromatic heterocycles. The van der Waals surface area contributed by atoms with Crippen molar-refractivity contribution in [2.75, 3.05) is 4.90 Å². The maximum atomic E-state index is 6.71. The number of para-hydroxylation sites is 4. The van der Waals surface area contributed by atoms with Gasteiger partial charge in [0.1, 0.15) is 22.3 Å². The maximum Gasteiger partial charge on any atom is 0.143 e. The Kier molecular flexibility index (Phi) is 7.20. The van der Waals surface area contributed by atoms with E-state index in [1.807, 2.05) is 18.2 Å². The normalized spacial score (nSPS) is 11.8. The molecule has 0 aliphatic rings. The molecule has 58 heavy (non-hydrogen) atoms. The van der Waals surface area contributed by atoms with Crippen molar-refractivity contribution >= 4 is 82.7 Å². The summed E-state index contributed by atoms with van der Waals surface area (Å²) in [5.74, 6) is 0. The molecule has 4 nitrogen and oxygen atoms in total. The monoisotopic (exact) mass is 742 g/mol. The molecule has 0 atom stereocenters. The highest BCUT2D eigenvalue weighted by Crippen LogP contribution is 2.43. The van der Waals surface area contributed by atoms with Crippen molar-refractivity contribution in [3.8, 4) is 27.9 Å². The van der Waals surface area contributed by atoms with Gasteiger partial charge < -0.3 is 18.3 Å². The molecule has 12 aromatic rings. The Labute approximate surface area is 334 Å². The summed E-state index contributed by atoms with van der Waals surface area (Å²) in [6, 6.07) is 73.2. The first-order chi connectivity index (χ1) is 28.7. The van der Waals surface area contributed by atoms with Gasteiger partial charge in [0.15, 0.2) is 0 Å². The third kappa shape index (κ3) is 5.09. The second kappa shape index (κ2) is 12.9. The van der Waals surface area contributed by atoms with E-state index in [1.165, 1.54) is 21.9 Å². The Hall–Kier alpha value is -7.82. The van der Waals surface area contributed by atoms with Crippen molar-refractivity contribution in [1.82, 2.24) is 4.57 Å². The molecule has 0 unspecified atom stereocenters. The van der Waals surface area contributed by atoms with Gasteiger partial charge in [0.05, 0.1) is 11.0 Å². The predicted octanol–water partition coefficient (Wildman–Crippen LogP) is 15.4. The van der Waals surface area contributed by atoms with Crippen molar-refractivity contribution in [2.24, 2.45) is 0 Å². The van der Waals surface area contributed by atoms with Crippen LogP contribution in [-0.4, -0.2) is 4.57 Å². The van der Waals surface area contributed by atoms with Crippen LogP contribution in [0.5, 0.6) is 0 Å². The second-order valence-corrected chi connectivity index (χ2v) is 14.9. The van der Waals surface area contributed by atoms with Gasteiger partial charge in [-0.3, -0.25) is 0 Å². The van der Waals surface area contributed by atoms with Gasteiger partial charge in [-0.2, -0.15) is 0 Å². The summed E-state index contributed by atoms with van der Waals surface area (Å²) in [5, 5.41) is 6.86. The molecule has 0 bridgehead atoms. The van der Waals surface area contributed by atoms with Crippen molar-refractivity contribution in [3.05, 3.63) is 206 Å². The van der Waals surface area contributed by atoms with Crippen LogP contribution in [0.25, 0.3) is 93.6 Å². The summed E-state index contributed by atoms with van der Waals surface area (Å²) in [4.78, 5) is 2.28. The van der Waals surface area contributed by atoms with Crippen molar-refractivity contribution < 1.29 is 8.83 Å². The summed E-state index contributed by atoms with van der Waals surface area (Å²) < 4.78 is 15.5. The first-order valence-electron chi connectivity index (χ1n) is 19.7. The SMILES string of the molecule is c1ccc(-c2ccc3c4ccccc4n(-c4cc(-c5ccc(N(c6ccccc6)c6ccc7c(c6)oc6ccccc67)cc5)c5oc6ccccc6c5c4)c3c2)cc1. The molecule has 0 aliphatic heterocycles. The van der Waals surface area contributed by atoms with Crippen molar-refractivity contribution in [3.63, 3.8) is 0 Å². The number of hydrogen-bond acceptors (Lipinski definition) is 3. The van der Waals surface area contributed by atoms with Crippen LogP contribution in [0.3, 0.4) is 0 Å². The van der Waals surface area contributed by atoms with E-state index < -0.39 is 0 Å². The van der Waals surface area contributed by atoms with E-state index >= 15 is 0 Å². The highest BCUT2D eigenvalue weighted by molar-refractivity contribution is 6.13. The minimum absolute atomic E-state index is 0.862. The topological polar surface area (TPSA) is 34.5 Å². The van der Waals surface area contributed by atoms with Crippen LogP contribution in [0.4, 0.5) is 17.1 Å². The van der Waals surface area contributed by atoms with Crippen LogP contribution in [-0.2, 0) is 0 Å². The number of fused-ring (bicyclic) bond motifs is 9. The molecule has 0 aliphatic carbocycles. The molecule has 0 N–H and O–H groups in total. The predicted molar refractivity (Wildman–Crippen MR) is 241 cm³/mol. The van der Waals surface area contributed by atoms with Gasteiger partial charge in [-0.15, -0.1) is 0 Å². The van der Waals surface area contributed by atoms with E-state index in [0.29, 0.717) is 0 Å².